The van der Waals surface area contributed by atoms with Crippen molar-refractivity contribution in [3.05, 3.63) is 95.3 Å². The molecule has 3 aromatic rings. The van der Waals surface area contributed by atoms with Crippen molar-refractivity contribution < 1.29 is 13.9 Å². The lowest BCUT2D eigenvalue weighted by Gasteiger charge is -2.13. The Kier molecular flexibility index (Phi) is 7.40. The summed E-state index contributed by atoms with van der Waals surface area (Å²) in [6.45, 7) is 0. The molecule has 1 N–H and O–H groups in total. The summed E-state index contributed by atoms with van der Waals surface area (Å²) in [5, 5.41) is 3.21. The molecule has 0 saturated carbocycles. The summed E-state index contributed by atoms with van der Waals surface area (Å²) >= 11 is 0. The normalized spacial score (nSPS) is 10.6. The molecular formula is C25H26FNO2. The van der Waals surface area contributed by atoms with E-state index in [1.807, 2.05) is 18.2 Å². The number of methoxy groups -OCH3 is 1. The van der Waals surface area contributed by atoms with Gasteiger partial charge in [0.1, 0.15) is 5.82 Å². The van der Waals surface area contributed by atoms with Crippen LogP contribution in [0.4, 0.5) is 15.8 Å². The molecule has 29 heavy (non-hydrogen) atoms. The Morgan fingerprint density at radius 2 is 1.55 bits per heavy atom. The van der Waals surface area contributed by atoms with E-state index in [1.165, 1.54) is 24.8 Å². The summed E-state index contributed by atoms with van der Waals surface area (Å²) in [5.41, 5.74) is 4.38. The molecule has 4 heteroatoms. The number of hydrogen-bond donors (Lipinski definition) is 1. The molecule has 0 aliphatic carbocycles. The highest BCUT2D eigenvalue weighted by Crippen LogP contribution is 2.24. The van der Waals surface area contributed by atoms with Crippen LogP contribution in [-0.2, 0) is 17.6 Å². The van der Waals surface area contributed by atoms with Gasteiger partial charge in [-0.25, -0.2) is 9.18 Å². The molecule has 0 aromatic heterocycles. The lowest BCUT2D eigenvalue weighted by molar-refractivity contribution is 0.0602. The average Bonchev–Trinajstić information content (AvgIpc) is 2.75. The molecule has 0 bridgehead atoms. The number of carbonyl (C=O) groups is 1. The van der Waals surface area contributed by atoms with Gasteiger partial charge in [0.15, 0.2) is 0 Å². The number of benzene rings is 3. The van der Waals surface area contributed by atoms with Gasteiger partial charge >= 0.3 is 5.97 Å². The Morgan fingerprint density at radius 1 is 0.862 bits per heavy atom. The van der Waals surface area contributed by atoms with Gasteiger partial charge in [0.05, 0.1) is 18.4 Å². The van der Waals surface area contributed by atoms with E-state index in [0.29, 0.717) is 11.3 Å². The van der Waals surface area contributed by atoms with Crippen molar-refractivity contribution in [1.82, 2.24) is 0 Å². The van der Waals surface area contributed by atoms with Crippen LogP contribution in [0, 0.1) is 5.82 Å². The third-order valence-electron chi connectivity index (χ3n) is 4.89. The summed E-state index contributed by atoms with van der Waals surface area (Å²) in [4.78, 5) is 12.1. The second-order valence-corrected chi connectivity index (χ2v) is 7.05. The van der Waals surface area contributed by atoms with E-state index in [9.17, 15) is 9.18 Å². The van der Waals surface area contributed by atoms with Crippen molar-refractivity contribution in [2.24, 2.45) is 0 Å². The highest BCUT2D eigenvalue weighted by atomic mass is 19.1. The number of ether oxygens (including phenoxy) is 1. The highest BCUT2D eigenvalue weighted by Gasteiger charge is 2.13. The first-order valence-electron chi connectivity index (χ1n) is 9.93. The fraction of sp³-hybridized carbons (Fsp3) is 0.240. The molecule has 0 amide bonds. The molecule has 0 radical (unpaired) electrons. The van der Waals surface area contributed by atoms with Crippen LogP contribution < -0.4 is 5.32 Å². The maximum absolute atomic E-state index is 13.2. The van der Waals surface area contributed by atoms with Crippen LogP contribution >= 0.6 is 0 Å². The van der Waals surface area contributed by atoms with Crippen molar-refractivity contribution in [1.29, 1.82) is 0 Å². The van der Waals surface area contributed by atoms with Crippen LogP contribution in [0.15, 0.2) is 72.8 Å². The molecule has 3 nitrogen and oxygen atoms in total. The number of hydrogen-bond acceptors (Lipinski definition) is 3. The Hall–Kier alpha value is -3.14. The minimum atomic E-state index is -0.399. The maximum Gasteiger partial charge on any atom is 0.339 e. The van der Waals surface area contributed by atoms with Crippen LogP contribution in [0.3, 0.4) is 0 Å². The predicted octanol–water partition coefficient (Wildman–Crippen LogP) is 6.31. The monoisotopic (exact) mass is 391 g/mol. The molecule has 0 spiro atoms. The average molecular weight is 391 g/mol. The van der Waals surface area contributed by atoms with Gasteiger partial charge in [-0.15, -0.1) is 0 Å². The maximum atomic E-state index is 13.2. The van der Waals surface area contributed by atoms with Crippen LogP contribution in [0.2, 0.25) is 0 Å². The molecule has 0 fully saturated rings. The van der Waals surface area contributed by atoms with Crippen LogP contribution in [0.25, 0.3) is 0 Å². The molecule has 3 aromatic carbocycles. The molecule has 0 aliphatic rings. The largest absolute Gasteiger partial charge is 0.465 e. The van der Waals surface area contributed by atoms with Crippen LogP contribution in [-0.4, -0.2) is 13.1 Å². The number of carbonyl (C=O) groups excluding carboxylic acids is 1. The van der Waals surface area contributed by atoms with Gasteiger partial charge in [-0.2, -0.15) is 0 Å². The summed E-state index contributed by atoms with van der Waals surface area (Å²) in [5.74, 6) is -0.697. The molecular weight excluding hydrogens is 365 g/mol. The van der Waals surface area contributed by atoms with Crippen LogP contribution in [0.1, 0.15) is 40.7 Å². The molecule has 0 atom stereocenters. The minimum absolute atomic E-state index is 0.298. The molecule has 150 valence electrons. The standard InChI is InChI=1S/C25H26FNO2/c1-29-25(28)23-17-12-20(11-7-3-6-10-19-8-4-2-5-9-19)18-24(23)27-22-15-13-21(26)14-16-22/h2,4-5,8-9,12-18,27H,3,6-7,10-11H2,1H3. The summed E-state index contributed by atoms with van der Waals surface area (Å²) in [6, 6.07) is 22.3. The minimum Gasteiger partial charge on any atom is -0.465 e. The molecule has 3 rings (SSSR count). The SMILES string of the molecule is COC(=O)c1ccc(CCCCCc2ccccc2)cc1Nc1ccc(F)cc1. The first kappa shape index (κ1) is 20.6. The Balaban J connectivity index is 1.61. The number of unbranched alkanes of at least 4 members (excludes halogenated alkanes) is 2. The van der Waals surface area contributed by atoms with Gasteiger partial charge in [0.25, 0.3) is 0 Å². The number of halogens is 1. The zero-order valence-corrected chi connectivity index (χ0v) is 16.7. The fourth-order valence-corrected chi connectivity index (χ4v) is 3.31. The lowest BCUT2D eigenvalue weighted by Crippen LogP contribution is -2.06. The first-order chi connectivity index (χ1) is 14.2. The van der Waals surface area contributed by atoms with Gasteiger partial charge in [-0.3, -0.25) is 0 Å². The van der Waals surface area contributed by atoms with E-state index in [-0.39, 0.29) is 5.82 Å². The Labute approximate surface area is 171 Å². The van der Waals surface area contributed by atoms with Gasteiger partial charge < -0.3 is 10.1 Å². The van der Waals surface area contributed by atoms with E-state index < -0.39 is 5.97 Å². The number of aryl methyl sites for hydroxylation is 2. The lowest BCUT2D eigenvalue weighted by atomic mass is 10.0. The summed E-state index contributed by atoms with van der Waals surface area (Å²) in [7, 11) is 1.37. The van der Waals surface area contributed by atoms with Crippen LogP contribution in [0.5, 0.6) is 0 Å². The topological polar surface area (TPSA) is 38.3 Å². The van der Waals surface area contributed by atoms with Gasteiger partial charge in [0.2, 0.25) is 0 Å². The number of nitrogens with one attached hydrogen (secondary N) is 1. The predicted molar refractivity (Wildman–Crippen MR) is 115 cm³/mol. The molecule has 0 aliphatic heterocycles. The van der Waals surface area contributed by atoms with Crippen molar-refractivity contribution in [3.63, 3.8) is 0 Å². The van der Waals surface area contributed by atoms with E-state index in [1.54, 1.807) is 18.2 Å². The van der Waals surface area contributed by atoms with Gasteiger partial charge in [-0.1, -0.05) is 42.8 Å². The third kappa shape index (κ3) is 6.18. The zero-order valence-electron chi connectivity index (χ0n) is 16.7. The van der Waals surface area contributed by atoms with Crippen molar-refractivity contribution in [2.45, 2.75) is 32.1 Å². The quantitative estimate of drug-likeness (QED) is 0.343. The zero-order chi connectivity index (χ0) is 20.5. The fourth-order valence-electron chi connectivity index (χ4n) is 3.31. The summed E-state index contributed by atoms with van der Waals surface area (Å²) < 4.78 is 18.1. The molecule has 0 unspecified atom stereocenters. The van der Waals surface area contributed by atoms with E-state index >= 15 is 0 Å². The number of anilines is 2. The highest BCUT2D eigenvalue weighted by molar-refractivity contribution is 5.96. The molecule has 0 saturated heterocycles. The van der Waals surface area contributed by atoms with Crippen molar-refractivity contribution in [2.75, 3.05) is 12.4 Å². The van der Waals surface area contributed by atoms with E-state index in [4.69, 9.17) is 4.74 Å². The smallest absolute Gasteiger partial charge is 0.339 e. The Bertz CT molecular complexity index is 923. The van der Waals surface area contributed by atoms with E-state index in [2.05, 4.69) is 29.6 Å². The molecule has 0 heterocycles. The number of rotatable bonds is 9. The second kappa shape index (κ2) is 10.4. The Morgan fingerprint density at radius 3 is 2.24 bits per heavy atom. The van der Waals surface area contributed by atoms with Crippen molar-refractivity contribution >= 4 is 17.3 Å². The first-order valence-corrected chi connectivity index (χ1v) is 9.93. The summed E-state index contributed by atoms with van der Waals surface area (Å²) in [6.07, 6.45) is 5.42. The van der Waals surface area contributed by atoms with E-state index in [0.717, 1.165) is 43.4 Å². The van der Waals surface area contributed by atoms with Gasteiger partial charge in [-0.05, 0) is 73.2 Å². The third-order valence-corrected chi connectivity index (χ3v) is 4.89. The second-order valence-electron chi connectivity index (χ2n) is 7.05. The number of esters is 1. The van der Waals surface area contributed by atoms with Gasteiger partial charge in [0, 0.05) is 5.69 Å². The van der Waals surface area contributed by atoms with Crippen molar-refractivity contribution in [3.8, 4) is 0 Å².